The van der Waals surface area contributed by atoms with E-state index in [1.807, 2.05) is 91.1 Å². The minimum Gasteiger partial charge on any atom is -0.449 e. The number of hydrogen-bond acceptors (Lipinski definition) is 7. The van der Waals surface area contributed by atoms with Gasteiger partial charge in [-0.3, -0.25) is 9.59 Å². The van der Waals surface area contributed by atoms with Crippen LogP contribution in [0, 0.1) is 10.1 Å². The van der Waals surface area contributed by atoms with E-state index in [4.69, 9.17) is 10.5 Å². The summed E-state index contributed by atoms with van der Waals surface area (Å²) in [6.45, 7) is 0.449. The Morgan fingerprint density at radius 2 is 1.62 bits per heavy atom. The van der Waals surface area contributed by atoms with Gasteiger partial charge in [-0.15, -0.1) is 0 Å². The van der Waals surface area contributed by atoms with Gasteiger partial charge in [0.2, 0.25) is 11.8 Å². The first-order chi connectivity index (χ1) is 27.2. The molecule has 14 heteroatoms. The fourth-order valence-corrected chi connectivity index (χ4v) is 7.89. The molecule has 0 saturated carbocycles. The Hall–Kier alpha value is -6.70. The van der Waals surface area contributed by atoms with Crippen molar-refractivity contribution in [3.05, 3.63) is 141 Å². The summed E-state index contributed by atoms with van der Waals surface area (Å²) >= 11 is 0. The normalized spacial score (nSPS) is 16.5. The van der Waals surface area contributed by atoms with Crippen LogP contribution in [0.25, 0.3) is 22.0 Å². The Kier molecular flexibility index (Phi) is 11.3. The molecule has 7 N–H and O–H groups in total. The first-order valence-corrected chi connectivity index (χ1v) is 18.8. The van der Waals surface area contributed by atoms with E-state index in [9.17, 15) is 24.5 Å². The van der Waals surface area contributed by atoms with Gasteiger partial charge < -0.3 is 31.4 Å². The van der Waals surface area contributed by atoms with Crippen LogP contribution in [-0.4, -0.2) is 65.2 Å². The van der Waals surface area contributed by atoms with Gasteiger partial charge in [-0.05, 0) is 77.1 Å². The summed E-state index contributed by atoms with van der Waals surface area (Å²) in [5.74, 6) is -1.47. The van der Waals surface area contributed by atoms with Crippen molar-refractivity contribution in [1.29, 1.82) is 0 Å². The highest BCUT2D eigenvalue weighted by Gasteiger charge is 2.44. The van der Waals surface area contributed by atoms with Crippen LogP contribution < -0.4 is 27.1 Å². The molecule has 0 aliphatic heterocycles. The fraction of sp³-hybridized carbons (Fsp3) is 0.286. The van der Waals surface area contributed by atoms with E-state index in [1.54, 1.807) is 5.43 Å². The summed E-state index contributed by atoms with van der Waals surface area (Å²) in [4.78, 5) is 60.1. The maximum absolute atomic E-state index is 14.5. The predicted octanol–water partition coefficient (Wildman–Crippen LogP) is 4.65. The number of aromatic nitrogens is 1. The number of guanidine groups is 1. The lowest BCUT2D eigenvalue weighted by molar-refractivity contribution is -0.525. The zero-order valence-electron chi connectivity index (χ0n) is 30.8. The average Bonchev–Trinajstić information content (AvgIpc) is 3.76. The van der Waals surface area contributed by atoms with E-state index in [2.05, 4.69) is 38.1 Å². The van der Waals surface area contributed by atoms with Crippen LogP contribution in [0.3, 0.4) is 0 Å². The number of nitrogens with two attached hydrogens (primary N) is 1. The molecule has 3 amide bonds. The number of nitrogens with zero attached hydrogens (tertiary/aromatic N) is 2. The fourth-order valence-electron chi connectivity index (χ4n) is 7.89. The molecule has 1 heterocycles. The zero-order valence-corrected chi connectivity index (χ0v) is 30.8. The number of carbonyl (C=O) groups excluding carboxylic acids is 3. The summed E-state index contributed by atoms with van der Waals surface area (Å²) in [6.07, 6.45) is 3.15. The molecule has 1 unspecified atom stereocenters. The molecule has 288 valence electrons. The van der Waals surface area contributed by atoms with Crippen LogP contribution >= 0.6 is 0 Å². The van der Waals surface area contributed by atoms with Gasteiger partial charge in [-0.1, -0.05) is 96.4 Å². The summed E-state index contributed by atoms with van der Waals surface area (Å²) in [6, 6.07) is 30.8. The minimum absolute atomic E-state index is 0.0676. The van der Waals surface area contributed by atoms with Crippen LogP contribution in [0.4, 0.5) is 4.79 Å². The van der Waals surface area contributed by atoms with Gasteiger partial charge in [0.25, 0.3) is 5.96 Å². The monoisotopic (exact) mass is 756 g/mol. The number of ether oxygens (including phenoxy) is 1. The van der Waals surface area contributed by atoms with Crippen molar-refractivity contribution in [2.75, 3.05) is 19.7 Å². The van der Waals surface area contributed by atoms with Gasteiger partial charge in [0, 0.05) is 42.5 Å². The lowest BCUT2D eigenvalue weighted by atomic mass is 9.77. The molecule has 0 bridgehead atoms. The molecule has 2 atom stereocenters. The molecule has 0 radical (unpaired) electrons. The molecule has 56 heavy (non-hydrogen) atoms. The van der Waals surface area contributed by atoms with Crippen LogP contribution in [0.5, 0.6) is 0 Å². The van der Waals surface area contributed by atoms with E-state index < -0.39 is 34.5 Å². The smallest absolute Gasteiger partial charge is 0.408 e. The van der Waals surface area contributed by atoms with Crippen molar-refractivity contribution in [1.82, 2.24) is 26.4 Å². The number of para-hydroxylation sites is 1. The number of fused-ring (bicyclic) bond motifs is 5. The second-order valence-electron chi connectivity index (χ2n) is 14.2. The van der Waals surface area contributed by atoms with Crippen molar-refractivity contribution in [2.24, 2.45) is 10.7 Å². The van der Waals surface area contributed by atoms with Crippen LogP contribution in [0.2, 0.25) is 0 Å². The van der Waals surface area contributed by atoms with Gasteiger partial charge in [0.05, 0.1) is 0 Å². The van der Waals surface area contributed by atoms with E-state index in [0.29, 0.717) is 19.4 Å². The SMILES string of the molecule is NC(=NCCC[C@H](NC(=O)C1(NC(=O)OCC2c3ccccc3-c3ccccc32)CCc2ccccc2C1)C(=O)NCCc1c[nH]c2ccccc12)N[N+](=O)[O-]. The number of H-pyrrole nitrogens is 1. The zero-order chi connectivity index (χ0) is 39.1. The Bertz CT molecular complexity index is 2240. The highest BCUT2D eigenvalue weighted by molar-refractivity contribution is 5.95. The quantitative estimate of drug-likeness (QED) is 0.0309. The third kappa shape index (κ3) is 8.33. The van der Waals surface area contributed by atoms with Crippen LogP contribution in [0.1, 0.15) is 53.0 Å². The van der Waals surface area contributed by atoms with E-state index in [0.717, 1.165) is 49.8 Å². The number of aliphatic imine (C=N–C) groups is 1. The molecule has 0 fully saturated rings. The van der Waals surface area contributed by atoms with Crippen LogP contribution in [-0.2, 0) is 33.6 Å². The summed E-state index contributed by atoms with van der Waals surface area (Å²) in [5, 5.41) is 19.9. The summed E-state index contributed by atoms with van der Waals surface area (Å²) in [7, 11) is 0. The van der Waals surface area contributed by atoms with E-state index in [1.165, 1.54) is 0 Å². The molecule has 14 nitrogen and oxygen atoms in total. The number of alkyl carbamates (subject to hydrolysis) is 1. The number of benzene rings is 4. The van der Waals surface area contributed by atoms with E-state index >= 15 is 0 Å². The number of carbonyl (C=O) groups is 3. The highest BCUT2D eigenvalue weighted by atomic mass is 16.7. The van der Waals surface area contributed by atoms with Crippen molar-refractivity contribution in [2.45, 2.75) is 56.0 Å². The first-order valence-electron chi connectivity index (χ1n) is 18.8. The van der Waals surface area contributed by atoms with Gasteiger partial charge in [-0.2, -0.15) is 0 Å². The predicted molar refractivity (Wildman–Crippen MR) is 212 cm³/mol. The molecule has 5 aromatic rings. The minimum atomic E-state index is -1.42. The second kappa shape index (κ2) is 16.8. The number of hydrogen-bond donors (Lipinski definition) is 6. The molecule has 2 aliphatic rings. The molecule has 0 spiro atoms. The van der Waals surface area contributed by atoms with Crippen molar-refractivity contribution in [3.63, 3.8) is 0 Å². The Morgan fingerprint density at radius 3 is 2.38 bits per heavy atom. The van der Waals surface area contributed by atoms with E-state index in [-0.39, 0.29) is 50.7 Å². The average molecular weight is 757 g/mol. The number of amides is 3. The molecule has 0 saturated heterocycles. The lowest BCUT2D eigenvalue weighted by Gasteiger charge is -2.38. The largest absolute Gasteiger partial charge is 0.449 e. The number of nitrogens with one attached hydrogen (secondary N) is 5. The number of nitro groups is 1. The molecule has 4 aromatic carbocycles. The van der Waals surface area contributed by atoms with Gasteiger partial charge in [0.15, 0.2) is 5.03 Å². The Morgan fingerprint density at radius 1 is 0.946 bits per heavy atom. The lowest BCUT2D eigenvalue weighted by Crippen LogP contribution is -2.64. The number of aromatic amines is 1. The maximum atomic E-state index is 14.5. The molecule has 1 aromatic heterocycles. The second-order valence-corrected chi connectivity index (χ2v) is 14.2. The summed E-state index contributed by atoms with van der Waals surface area (Å²) < 4.78 is 5.91. The van der Waals surface area contributed by atoms with Gasteiger partial charge in [-0.25, -0.2) is 19.9 Å². The molecule has 7 rings (SSSR count). The standard InChI is InChI=1S/C42H44N8O6/c43-40(49-50(54)55)45-22-9-18-37(38(51)44-23-20-29-25-46-36-17-8-7-12-30(29)36)47-39(52)42(21-19-27-10-1-2-11-28(27)24-42)48-41(53)56-26-35-33-15-5-3-13-31(33)32-14-4-6-16-34(32)35/h1-8,10-17,25,35,37,46H,9,18-24,26H2,(H,44,51)(H,47,52)(H,48,53)(H3,43,45,49)/t37-,42?/m0/s1. The van der Waals surface area contributed by atoms with Crippen LogP contribution in [0.15, 0.2) is 108 Å². The third-order valence-electron chi connectivity index (χ3n) is 10.7. The maximum Gasteiger partial charge on any atom is 0.408 e. The molecular weight excluding hydrogens is 713 g/mol. The number of aryl methyl sites for hydroxylation is 1. The summed E-state index contributed by atoms with van der Waals surface area (Å²) in [5.41, 5.74) is 14.3. The number of rotatable bonds is 14. The van der Waals surface area contributed by atoms with Gasteiger partial charge in [0.1, 0.15) is 18.2 Å². The van der Waals surface area contributed by atoms with Crippen molar-refractivity contribution >= 4 is 34.8 Å². The molecule has 2 aliphatic carbocycles. The highest BCUT2D eigenvalue weighted by Crippen LogP contribution is 2.44. The number of hydrazine groups is 1. The third-order valence-corrected chi connectivity index (χ3v) is 10.7. The Labute approximate surface area is 323 Å². The topological polar surface area (TPSA) is 206 Å². The van der Waals surface area contributed by atoms with Gasteiger partial charge >= 0.3 is 6.09 Å². The first kappa shape index (κ1) is 37.6. The van der Waals surface area contributed by atoms with Crippen molar-refractivity contribution in [3.8, 4) is 11.1 Å². The molecular formula is C42H44N8O6. The van der Waals surface area contributed by atoms with Crippen molar-refractivity contribution < 1.29 is 24.2 Å². The Balaban J connectivity index is 1.07.